The molecular weight excluding hydrogens is 248 g/mol. The minimum absolute atomic E-state index is 0.534. The van der Waals surface area contributed by atoms with Crippen molar-refractivity contribution in [1.82, 2.24) is 5.32 Å². The fourth-order valence-electron chi connectivity index (χ4n) is 2.17. The largest absolute Gasteiger partial charge is 0.370 e. The first-order chi connectivity index (χ1) is 9.79. The molecule has 0 saturated carbocycles. The van der Waals surface area contributed by atoms with Crippen LogP contribution in [0.4, 0.5) is 5.69 Å². The van der Waals surface area contributed by atoms with Crippen LogP contribution in [0.15, 0.2) is 41.4 Å². The number of nitrogens with two attached hydrogens (primary N) is 1. The third-order valence-corrected chi connectivity index (χ3v) is 3.36. The summed E-state index contributed by atoms with van der Waals surface area (Å²) in [6.07, 6.45) is 6.67. The summed E-state index contributed by atoms with van der Waals surface area (Å²) in [5, 5.41) is 3.13. The number of hydrogen-bond donors (Lipinski definition) is 2. The second-order valence-corrected chi connectivity index (χ2v) is 5.03. The lowest BCUT2D eigenvalue weighted by Gasteiger charge is -2.18. The SMILES string of the molecule is CCCCNC(N)=NCc1cccc(N2CC=CC2)c1. The first-order valence-electron chi connectivity index (χ1n) is 7.32. The van der Waals surface area contributed by atoms with Crippen molar-refractivity contribution in [3.05, 3.63) is 42.0 Å². The van der Waals surface area contributed by atoms with Crippen molar-refractivity contribution in [3.8, 4) is 0 Å². The average Bonchev–Trinajstić information content (AvgIpc) is 3.00. The highest BCUT2D eigenvalue weighted by molar-refractivity contribution is 5.77. The smallest absolute Gasteiger partial charge is 0.188 e. The molecule has 3 N–H and O–H groups in total. The maximum atomic E-state index is 5.84. The number of benzene rings is 1. The molecule has 1 heterocycles. The summed E-state index contributed by atoms with van der Waals surface area (Å²) in [5.74, 6) is 0.534. The fraction of sp³-hybridized carbons (Fsp3) is 0.438. The minimum Gasteiger partial charge on any atom is -0.370 e. The molecule has 0 fully saturated rings. The number of guanidine groups is 1. The van der Waals surface area contributed by atoms with Gasteiger partial charge in [-0.1, -0.05) is 37.6 Å². The maximum absolute atomic E-state index is 5.84. The molecule has 0 spiro atoms. The highest BCUT2D eigenvalue weighted by Crippen LogP contribution is 2.18. The molecular formula is C16H24N4. The van der Waals surface area contributed by atoms with Crippen molar-refractivity contribution in [2.24, 2.45) is 10.7 Å². The molecule has 2 rings (SSSR count). The summed E-state index contributed by atoms with van der Waals surface area (Å²) in [6.45, 7) is 5.67. The second-order valence-electron chi connectivity index (χ2n) is 5.03. The van der Waals surface area contributed by atoms with Gasteiger partial charge in [-0.3, -0.25) is 0 Å². The highest BCUT2D eigenvalue weighted by atomic mass is 15.1. The second kappa shape index (κ2) is 7.58. The number of nitrogens with one attached hydrogen (secondary N) is 1. The number of anilines is 1. The number of unbranched alkanes of at least 4 members (excludes halogenated alkanes) is 1. The third-order valence-electron chi connectivity index (χ3n) is 3.36. The van der Waals surface area contributed by atoms with Crippen LogP contribution in [-0.2, 0) is 6.54 Å². The van der Waals surface area contributed by atoms with E-state index in [1.807, 2.05) is 0 Å². The molecule has 1 aromatic rings. The van der Waals surface area contributed by atoms with E-state index in [9.17, 15) is 0 Å². The zero-order valence-electron chi connectivity index (χ0n) is 12.2. The Kier molecular flexibility index (Phi) is 5.47. The minimum atomic E-state index is 0.534. The van der Waals surface area contributed by atoms with Gasteiger partial charge < -0.3 is 16.0 Å². The van der Waals surface area contributed by atoms with E-state index < -0.39 is 0 Å². The van der Waals surface area contributed by atoms with Gasteiger partial charge in [0.1, 0.15) is 0 Å². The van der Waals surface area contributed by atoms with Crippen LogP contribution >= 0.6 is 0 Å². The van der Waals surface area contributed by atoms with Crippen LogP contribution in [-0.4, -0.2) is 25.6 Å². The molecule has 0 amide bonds. The van der Waals surface area contributed by atoms with Crippen LogP contribution in [0.2, 0.25) is 0 Å². The Bertz CT molecular complexity index is 471. The van der Waals surface area contributed by atoms with E-state index in [1.54, 1.807) is 0 Å². The Morgan fingerprint density at radius 1 is 1.35 bits per heavy atom. The van der Waals surface area contributed by atoms with Crippen molar-refractivity contribution in [2.45, 2.75) is 26.3 Å². The van der Waals surface area contributed by atoms with Crippen LogP contribution in [0, 0.1) is 0 Å². The lowest BCUT2D eigenvalue weighted by molar-refractivity contribution is 0.748. The highest BCUT2D eigenvalue weighted by Gasteiger charge is 2.07. The normalized spacial score (nSPS) is 14.8. The van der Waals surface area contributed by atoms with Gasteiger partial charge in [-0.25, -0.2) is 4.99 Å². The topological polar surface area (TPSA) is 53.6 Å². The molecule has 0 radical (unpaired) electrons. The molecule has 0 aromatic heterocycles. The zero-order chi connectivity index (χ0) is 14.2. The van der Waals surface area contributed by atoms with E-state index >= 15 is 0 Å². The summed E-state index contributed by atoms with van der Waals surface area (Å²) in [7, 11) is 0. The molecule has 1 aliphatic heterocycles. The van der Waals surface area contributed by atoms with Gasteiger partial charge in [-0.2, -0.15) is 0 Å². The molecule has 4 heteroatoms. The number of rotatable bonds is 6. The van der Waals surface area contributed by atoms with Crippen molar-refractivity contribution in [3.63, 3.8) is 0 Å². The Labute approximate surface area is 121 Å². The predicted octanol–water partition coefficient (Wildman–Crippen LogP) is 2.27. The molecule has 0 bridgehead atoms. The van der Waals surface area contributed by atoms with Crippen molar-refractivity contribution < 1.29 is 0 Å². The van der Waals surface area contributed by atoms with E-state index in [2.05, 4.69) is 58.6 Å². The van der Waals surface area contributed by atoms with E-state index in [4.69, 9.17) is 5.73 Å². The Balaban J connectivity index is 1.89. The van der Waals surface area contributed by atoms with Gasteiger partial charge >= 0.3 is 0 Å². The van der Waals surface area contributed by atoms with E-state index in [0.717, 1.165) is 32.5 Å². The Morgan fingerprint density at radius 2 is 2.15 bits per heavy atom. The first-order valence-corrected chi connectivity index (χ1v) is 7.32. The molecule has 0 atom stereocenters. The van der Waals surface area contributed by atoms with Crippen molar-refractivity contribution >= 4 is 11.6 Å². The third kappa shape index (κ3) is 4.30. The molecule has 0 unspecified atom stereocenters. The van der Waals surface area contributed by atoms with Gasteiger partial charge in [0.05, 0.1) is 6.54 Å². The molecule has 108 valence electrons. The number of hydrogen-bond acceptors (Lipinski definition) is 2. The predicted molar refractivity (Wildman–Crippen MR) is 86.0 cm³/mol. The van der Waals surface area contributed by atoms with Gasteiger partial charge in [-0.05, 0) is 24.1 Å². The summed E-state index contributed by atoms with van der Waals surface area (Å²) in [4.78, 5) is 6.71. The zero-order valence-corrected chi connectivity index (χ0v) is 12.2. The Hall–Kier alpha value is -1.97. The number of aliphatic imine (C=N–C) groups is 1. The summed E-state index contributed by atoms with van der Waals surface area (Å²) >= 11 is 0. The summed E-state index contributed by atoms with van der Waals surface area (Å²) in [6, 6.07) is 8.51. The molecule has 0 saturated heterocycles. The van der Waals surface area contributed by atoms with Gasteiger partial charge in [0.15, 0.2) is 5.96 Å². The quantitative estimate of drug-likeness (QED) is 0.361. The van der Waals surface area contributed by atoms with Crippen LogP contribution in [0.1, 0.15) is 25.3 Å². The van der Waals surface area contributed by atoms with Crippen LogP contribution in [0.3, 0.4) is 0 Å². The molecule has 1 aromatic carbocycles. The van der Waals surface area contributed by atoms with Gasteiger partial charge in [-0.15, -0.1) is 0 Å². The monoisotopic (exact) mass is 272 g/mol. The molecule has 4 nitrogen and oxygen atoms in total. The molecule has 20 heavy (non-hydrogen) atoms. The molecule has 0 aliphatic carbocycles. The van der Waals surface area contributed by atoms with E-state index in [1.165, 1.54) is 11.3 Å². The van der Waals surface area contributed by atoms with Crippen molar-refractivity contribution in [2.75, 3.05) is 24.5 Å². The van der Waals surface area contributed by atoms with Gasteiger partial charge in [0, 0.05) is 25.3 Å². The van der Waals surface area contributed by atoms with Gasteiger partial charge in [0.2, 0.25) is 0 Å². The van der Waals surface area contributed by atoms with Gasteiger partial charge in [0.25, 0.3) is 0 Å². The average molecular weight is 272 g/mol. The first kappa shape index (κ1) is 14.4. The van der Waals surface area contributed by atoms with Crippen LogP contribution in [0.5, 0.6) is 0 Å². The van der Waals surface area contributed by atoms with Crippen molar-refractivity contribution in [1.29, 1.82) is 0 Å². The number of nitrogens with zero attached hydrogens (tertiary/aromatic N) is 2. The summed E-state index contributed by atoms with van der Waals surface area (Å²) in [5.41, 5.74) is 8.28. The maximum Gasteiger partial charge on any atom is 0.188 e. The van der Waals surface area contributed by atoms with Crippen LogP contribution < -0.4 is 16.0 Å². The lowest BCUT2D eigenvalue weighted by Crippen LogP contribution is -2.32. The fourth-order valence-corrected chi connectivity index (χ4v) is 2.17. The Morgan fingerprint density at radius 3 is 2.90 bits per heavy atom. The lowest BCUT2D eigenvalue weighted by atomic mass is 10.2. The van der Waals surface area contributed by atoms with Crippen LogP contribution in [0.25, 0.3) is 0 Å². The molecule has 1 aliphatic rings. The van der Waals surface area contributed by atoms with E-state index in [0.29, 0.717) is 12.5 Å². The standard InChI is InChI=1S/C16H24N4/c1-2-3-9-18-16(17)19-13-14-7-6-8-15(12-14)20-10-4-5-11-20/h4-8,12H,2-3,9-11,13H2,1H3,(H3,17,18,19). The van der Waals surface area contributed by atoms with E-state index in [-0.39, 0.29) is 0 Å². The summed E-state index contributed by atoms with van der Waals surface area (Å²) < 4.78 is 0.